The van der Waals surface area contributed by atoms with Gasteiger partial charge in [0.15, 0.2) is 5.96 Å². The van der Waals surface area contributed by atoms with Gasteiger partial charge in [-0.05, 0) is 51.6 Å². The Bertz CT molecular complexity index is 634. The van der Waals surface area contributed by atoms with Gasteiger partial charge < -0.3 is 20.3 Å². The molecule has 2 fully saturated rings. The quantitative estimate of drug-likeness (QED) is 0.285. The highest BCUT2D eigenvalue weighted by atomic mass is 127. The van der Waals surface area contributed by atoms with Gasteiger partial charge in [-0.3, -0.25) is 9.89 Å². The molecule has 0 aromatic heterocycles. The lowest BCUT2D eigenvalue weighted by Gasteiger charge is -2.33. The molecule has 1 unspecified atom stereocenters. The molecule has 0 spiro atoms. The van der Waals surface area contributed by atoms with Crippen LogP contribution in [0.15, 0.2) is 35.3 Å². The molecule has 176 valence electrons. The summed E-state index contributed by atoms with van der Waals surface area (Å²) in [7, 11) is 1.88. The molecule has 1 atom stereocenters. The average Bonchev–Trinajstić information content (AvgIpc) is 3.19. The number of halogens is 1. The molecule has 0 saturated carbocycles. The van der Waals surface area contributed by atoms with E-state index in [1.807, 2.05) is 7.05 Å². The largest absolute Gasteiger partial charge is 0.377 e. The van der Waals surface area contributed by atoms with Crippen LogP contribution in [0.4, 0.5) is 0 Å². The maximum atomic E-state index is 5.69. The lowest BCUT2D eigenvalue weighted by molar-refractivity contribution is 0.0532. The van der Waals surface area contributed by atoms with Gasteiger partial charge in [0.05, 0.1) is 12.7 Å². The van der Waals surface area contributed by atoms with Crippen molar-refractivity contribution in [1.29, 1.82) is 0 Å². The fourth-order valence-corrected chi connectivity index (χ4v) is 4.47. The molecule has 2 saturated heterocycles. The Morgan fingerprint density at radius 1 is 1.13 bits per heavy atom. The molecule has 2 aliphatic rings. The van der Waals surface area contributed by atoms with Gasteiger partial charge in [-0.15, -0.1) is 24.0 Å². The van der Waals surface area contributed by atoms with Crippen molar-refractivity contribution in [2.45, 2.75) is 64.3 Å². The first kappa shape index (κ1) is 26.4. The molecule has 0 aliphatic carbocycles. The van der Waals surface area contributed by atoms with Crippen LogP contribution in [0.25, 0.3) is 0 Å². The Labute approximate surface area is 206 Å². The molecule has 0 radical (unpaired) electrons. The van der Waals surface area contributed by atoms with Crippen LogP contribution in [-0.4, -0.2) is 80.3 Å². The molecule has 3 rings (SSSR count). The zero-order chi connectivity index (χ0) is 21.2. The van der Waals surface area contributed by atoms with Crippen molar-refractivity contribution >= 4 is 29.9 Å². The molecular formula is C24H42IN5O. The first-order valence-corrected chi connectivity index (χ1v) is 11.7. The Balaban J connectivity index is 0.00000341. The Hall–Kier alpha value is -0.900. The minimum Gasteiger partial charge on any atom is -0.377 e. The molecular weight excluding hydrogens is 501 g/mol. The number of likely N-dealkylation sites (tertiary alicyclic amines) is 2. The maximum Gasteiger partial charge on any atom is 0.191 e. The van der Waals surface area contributed by atoms with Gasteiger partial charge in [0.25, 0.3) is 0 Å². The van der Waals surface area contributed by atoms with E-state index < -0.39 is 0 Å². The number of guanidine groups is 1. The van der Waals surface area contributed by atoms with E-state index in [-0.39, 0.29) is 24.0 Å². The number of ether oxygens (including phenoxy) is 1. The third-order valence-corrected chi connectivity index (χ3v) is 6.24. The van der Waals surface area contributed by atoms with Crippen molar-refractivity contribution in [1.82, 2.24) is 20.4 Å². The van der Waals surface area contributed by atoms with Crippen molar-refractivity contribution < 1.29 is 4.74 Å². The first-order valence-electron chi connectivity index (χ1n) is 11.7. The third kappa shape index (κ3) is 9.24. The van der Waals surface area contributed by atoms with E-state index in [2.05, 4.69) is 69.6 Å². The van der Waals surface area contributed by atoms with Crippen LogP contribution in [-0.2, 0) is 11.3 Å². The summed E-state index contributed by atoms with van der Waals surface area (Å²) in [6, 6.07) is 11.9. The van der Waals surface area contributed by atoms with Crippen molar-refractivity contribution in [3.8, 4) is 0 Å². The average molecular weight is 544 g/mol. The fraction of sp³-hybridized carbons (Fsp3) is 0.708. The van der Waals surface area contributed by atoms with E-state index in [0.29, 0.717) is 18.2 Å². The zero-order valence-electron chi connectivity index (χ0n) is 19.6. The van der Waals surface area contributed by atoms with Crippen LogP contribution >= 0.6 is 24.0 Å². The molecule has 2 aliphatic heterocycles. The van der Waals surface area contributed by atoms with E-state index in [1.165, 1.54) is 24.9 Å². The third-order valence-electron chi connectivity index (χ3n) is 6.24. The SMILES string of the molecule is CN=C(NCC1CCCN1Cc1ccccc1)NC1CCN(CCOC(C)C)CC1.I. The Kier molecular flexibility index (Phi) is 12.1. The number of aliphatic imine (C=N–C) groups is 1. The fourth-order valence-electron chi connectivity index (χ4n) is 4.47. The smallest absolute Gasteiger partial charge is 0.191 e. The molecule has 1 aromatic carbocycles. The summed E-state index contributed by atoms with van der Waals surface area (Å²) in [5.41, 5.74) is 1.40. The summed E-state index contributed by atoms with van der Waals surface area (Å²) in [6.07, 6.45) is 5.18. The van der Waals surface area contributed by atoms with Crippen LogP contribution in [0, 0.1) is 0 Å². The topological polar surface area (TPSA) is 52.1 Å². The number of hydrogen-bond donors (Lipinski definition) is 2. The van der Waals surface area contributed by atoms with Crippen molar-refractivity contribution in [3.05, 3.63) is 35.9 Å². The van der Waals surface area contributed by atoms with Gasteiger partial charge in [-0.2, -0.15) is 0 Å². The van der Waals surface area contributed by atoms with E-state index in [1.54, 1.807) is 0 Å². The molecule has 0 amide bonds. The van der Waals surface area contributed by atoms with Crippen molar-refractivity contribution in [2.75, 3.05) is 46.4 Å². The van der Waals surface area contributed by atoms with Gasteiger partial charge in [0, 0.05) is 51.9 Å². The van der Waals surface area contributed by atoms with Crippen LogP contribution in [0.1, 0.15) is 45.1 Å². The molecule has 2 N–H and O–H groups in total. The van der Waals surface area contributed by atoms with Crippen LogP contribution < -0.4 is 10.6 Å². The molecule has 7 heteroatoms. The number of benzene rings is 1. The van der Waals surface area contributed by atoms with E-state index >= 15 is 0 Å². The standard InChI is InChI=1S/C24H41N5O.HI/c1-20(2)30-17-16-28-14-11-22(12-15-28)27-24(25-3)26-18-23-10-7-13-29(23)19-21-8-5-4-6-9-21;/h4-6,8-9,20,22-23H,7,10-19H2,1-3H3,(H2,25,26,27);1H. The van der Waals surface area contributed by atoms with E-state index in [9.17, 15) is 0 Å². The van der Waals surface area contributed by atoms with Crippen molar-refractivity contribution in [2.24, 2.45) is 4.99 Å². The normalized spacial score (nSPS) is 21.3. The van der Waals surface area contributed by atoms with Crippen LogP contribution in [0.5, 0.6) is 0 Å². The number of nitrogens with zero attached hydrogens (tertiary/aromatic N) is 3. The number of hydrogen-bond acceptors (Lipinski definition) is 4. The van der Waals surface area contributed by atoms with Crippen LogP contribution in [0.3, 0.4) is 0 Å². The number of nitrogens with one attached hydrogen (secondary N) is 2. The van der Waals surface area contributed by atoms with Crippen molar-refractivity contribution in [3.63, 3.8) is 0 Å². The Morgan fingerprint density at radius 3 is 2.55 bits per heavy atom. The first-order chi connectivity index (χ1) is 14.6. The van der Waals surface area contributed by atoms with E-state index in [4.69, 9.17) is 4.74 Å². The highest BCUT2D eigenvalue weighted by Crippen LogP contribution is 2.19. The minimum absolute atomic E-state index is 0. The highest BCUT2D eigenvalue weighted by Gasteiger charge is 2.25. The lowest BCUT2D eigenvalue weighted by Crippen LogP contribution is -2.51. The lowest BCUT2D eigenvalue weighted by atomic mass is 10.1. The van der Waals surface area contributed by atoms with Gasteiger partial charge in [-0.1, -0.05) is 30.3 Å². The molecule has 1 aromatic rings. The zero-order valence-corrected chi connectivity index (χ0v) is 21.9. The summed E-state index contributed by atoms with van der Waals surface area (Å²) < 4.78 is 5.69. The predicted molar refractivity (Wildman–Crippen MR) is 140 cm³/mol. The summed E-state index contributed by atoms with van der Waals surface area (Å²) >= 11 is 0. The second-order valence-electron chi connectivity index (χ2n) is 8.89. The van der Waals surface area contributed by atoms with E-state index in [0.717, 1.165) is 58.1 Å². The van der Waals surface area contributed by atoms with Gasteiger partial charge in [-0.25, -0.2) is 0 Å². The highest BCUT2D eigenvalue weighted by molar-refractivity contribution is 14.0. The number of piperidine rings is 1. The molecule has 2 heterocycles. The second-order valence-corrected chi connectivity index (χ2v) is 8.89. The van der Waals surface area contributed by atoms with Gasteiger partial charge in [0.1, 0.15) is 0 Å². The van der Waals surface area contributed by atoms with Gasteiger partial charge >= 0.3 is 0 Å². The summed E-state index contributed by atoms with van der Waals surface area (Å²) in [4.78, 5) is 9.60. The summed E-state index contributed by atoms with van der Waals surface area (Å²) in [5, 5.41) is 7.25. The Morgan fingerprint density at radius 2 is 1.87 bits per heavy atom. The maximum absolute atomic E-state index is 5.69. The van der Waals surface area contributed by atoms with Gasteiger partial charge in [0.2, 0.25) is 0 Å². The molecule has 6 nitrogen and oxygen atoms in total. The monoisotopic (exact) mass is 543 g/mol. The number of rotatable bonds is 9. The summed E-state index contributed by atoms with van der Waals surface area (Å²) in [5.74, 6) is 0.947. The predicted octanol–water partition coefficient (Wildman–Crippen LogP) is 3.32. The molecule has 31 heavy (non-hydrogen) atoms. The summed E-state index contributed by atoms with van der Waals surface area (Å²) in [6.45, 7) is 11.5. The molecule has 0 bridgehead atoms. The second kappa shape index (κ2) is 14.3. The van der Waals surface area contributed by atoms with Crippen LogP contribution in [0.2, 0.25) is 0 Å². The minimum atomic E-state index is 0.